The van der Waals surface area contributed by atoms with E-state index in [1.54, 1.807) is 10.7 Å². The van der Waals surface area contributed by atoms with E-state index in [4.69, 9.17) is 4.74 Å². The topological polar surface area (TPSA) is 39.1 Å². The fourth-order valence-corrected chi connectivity index (χ4v) is 2.25. The molecule has 19 heavy (non-hydrogen) atoms. The van der Waals surface area contributed by atoms with Crippen molar-refractivity contribution in [1.82, 2.24) is 15.1 Å². The molecule has 1 heterocycles. The van der Waals surface area contributed by atoms with Crippen LogP contribution in [0.5, 0.6) is 5.75 Å². The second kappa shape index (κ2) is 5.40. The van der Waals surface area contributed by atoms with Crippen LogP contribution < -0.4 is 10.1 Å². The van der Waals surface area contributed by atoms with E-state index in [0.717, 1.165) is 17.0 Å². The summed E-state index contributed by atoms with van der Waals surface area (Å²) < 4.78 is 20.5. The largest absolute Gasteiger partial charge is 0.494 e. The molecule has 0 fully saturated rings. The van der Waals surface area contributed by atoms with E-state index in [0.29, 0.717) is 0 Å². The molecule has 0 saturated heterocycles. The summed E-state index contributed by atoms with van der Waals surface area (Å²) >= 11 is 0. The van der Waals surface area contributed by atoms with Gasteiger partial charge in [0.05, 0.1) is 24.5 Å². The third-order valence-electron chi connectivity index (χ3n) is 3.13. The molecule has 0 aliphatic rings. The zero-order valence-corrected chi connectivity index (χ0v) is 11.6. The molecule has 0 amide bonds. The Hall–Kier alpha value is -1.88. The van der Waals surface area contributed by atoms with Crippen LogP contribution in [0.25, 0.3) is 0 Å². The Balaban J connectivity index is 2.42. The van der Waals surface area contributed by atoms with Gasteiger partial charge in [-0.25, -0.2) is 4.39 Å². The number of nitrogens with zero attached hydrogens (tertiary/aromatic N) is 2. The second-order valence-corrected chi connectivity index (χ2v) is 4.45. The summed E-state index contributed by atoms with van der Waals surface area (Å²) in [5.74, 6) is -0.112. The number of aromatic nitrogens is 2. The second-order valence-electron chi connectivity index (χ2n) is 4.45. The van der Waals surface area contributed by atoms with Crippen molar-refractivity contribution in [3.05, 3.63) is 47.0 Å². The molecule has 0 aliphatic carbocycles. The van der Waals surface area contributed by atoms with Gasteiger partial charge in [0, 0.05) is 7.05 Å². The van der Waals surface area contributed by atoms with Crippen molar-refractivity contribution in [2.24, 2.45) is 7.05 Å². The van der Waals surface area contributed by atoms with Gasteiger partial charge in [-0.1, -0.05) is 6.07 Å². The zero-order valence-electron chi connectivity index (χ0n) is 11.6. The summed E-state index contributed by atoms with van der Waals surface area (Å²) in [6.07, 6.45) is 0. The van der Waals surface area contributed by atoms with Gasteiger partial charge >= 0.3 is 0 Å². The van der Waals surface area contributed by atoms with E-state index in [-0.39, 0.29) is 17.6 Å². The lowest BCUT2D eigenvalue weighted by Gasteiger charge is -2.17. The highest BCUT2D eigenvalue weighted by Crippen LogP contribution is 2.26. The molecule has 0 bridgehead atoms. The lowest BCUT2D eigenvalue weighted by Crippen LogP contribution is -2.20. The van der Waals surface area contributed by atoms with E-state index in [1.165, 1.54) is 13.2 Å². The highest BCUT2D eigenvalue weighted by molar-refractivity contribution is 5.35. The number of hydrogen-bond acceptors (Lipinski definition) is 3. The number of methoxy groups -OCH3 is 1. The predicted octanol–water partition coefficient (Wildman–Crippen LogP) is 2.19. The molecule has 0 saturated carbocycles. The standard InChI is InChI=1S/C14H18FN3O/c1-9-7-12(18(3)17-9)14(16-2)10-5-6-13(19-4)11(15)8-10/h5-8,14,16H,1-4H3. The molecule has 5 heteroatoms. The van der Waals surface area contributed by atoms with Crippen LogP contribution in [-0.2, 0) is 7.05 Å². The van der Waals surface area contributed by atoms with Gasteiger partial charge in [0.2, 0.25) is 0 Å². The maximum atomic E-state index is 13.8. The minimum Gasteiger partial charge on any atom is -0.494 e. The number of ether oxygens (including phenoxy) is 1. The Morgan fingerprint density at radius 3 is 2.58 bits per heavy atom. The van der Waals surface area contributed by atoms with E-state index in [2.05, 4.69) is 10.4 Å². The monoisotopic (exact) mass is 263 g/mol. The molecule has 4 nitrogen and oxygen atoms in total. The van der Waals surface area contributed by atoms with Crippen LogP contribution in [0.15, 0.2) is 24.3 Å². The average molecular weight is 263 g/mol. The predicted molar refractivity (Wildman–Crippen MR) is 71.8 cm³/mol. The van der Waals surface area contributed by atoms with Crippen molar-refractivity contribution in [3.8, 4) is 5.75 Å². The molecule has 1 aromatic heterocycles. The smallest absolute Gasteiger partial charge is 0.165 e. The first kappa shape index (κ1) is 13.5. The van der Waals surface area contributed by atoms with Gasteiger partial charge in [0.15, 0.2) is 11.6 Å². The first-order valence-electron chi connectivity index (χ1n) is 6.08. The van der Waals surface area contributed by atoms with Crippen LogP contribution in [-0.4, -0.2) is 23.9 Å². The highest BCUT2D eigenvalue weighted by Gasteiger charge is 2.18. The van der Waals surface area contributed by atoms with E-state index in [1.807, 2.05) is 33.2 Å². The number of hydrogen-bond donors (Lipinski definition) is 1. The van der Waals surface area contributed by atoms with Crippen molar-refractivity contribution in [2.45, 2.75) is 13.0 Å². The van der Waals surface area contributed by atoms with Gasteiger partial charge in [-0.05, 0) is 37.7 Å². The lowest BCUT2D eigenvalue weighted by molar-refractivity contribution is 0.385. The van der Waals surface area contributed by atoms with E-state index < -0.39 is 0 Å². The molecule has 1 unspecified atom stereocenters. The van der Waals surface area contributed by atoms with E-state index in [9.17, 15) is 4.39 Å². The fourth-order valence-electron chi connectivity index (χ4n) is 2.25. The average Bonchev–Trinajstić information content (AvgIpc) is 2.70. The minimum absolute atomic E-state index is 0.105. The number of nitrogens with one attached hydrogen (secondary N) is 1. The quantitative estimate of drug-likeness (QED) is 0.919. The number of halogens is 1. The van der Waals surface area contributed by atoms with Crippen LogP contribution in [0.4, 0.5) is 4.39 Å². The van der Waals surface area contributed by atoms with Crippen LogP contribution >= 0.6 is 0 Å². The van der Waals surface area contributed by atoms with Gasteiger partial charge in [0.1, 0.15) is 0 Å². The molecule has 1 atom stereocenters. The normalized spacial score (nSPS) is 12.5. The van der Waals surface area contributed by atoms with Crippen molar-refractivity contribution in [2.75, 3.05) is 14.2 Å². The molecule has 0 spiro atoms. The molecule has 1 aromatic carbocycles. The summed E-state index contributed by atoms with van der Waals surface area (Å²) in [5.41, 5.74) is 2.76. The summed E-state index contributed by atoms with van der Waals surface area (Å²) in [7, 11) is 5.18. The van der Waals surface area contributed by atoms with Gasteiger partial charge in [-0.2, -0.15) is 5.10 Å². The summed E-state index contributed by atoms with van der Waals surface area (Å²) in [6.45, 7) is 1.94. The van der Waals surface area contributed by atoms with Crippen LogP contribution in [0.3, 0.4) is 0 Å². The number of benzene rings is 1. The fraction of sp³-hybridized carbons (Fsp3) is 0.357. The number of rotatable bonds is 4. The van der Waals surface area contributed by atoms with E-state index >= 15 is 0 Å². The summed E-state index contributed by atoms with van der Waals surface area (Å²) in [5, 5.41) is 7.50. The highest BCUT2D eigenvalue weighted by atomic mass is 19.1. The Kier molecular flexibility index (Phi) is 3.85. The van der Waals surface area contributed by atoms with Crippen molar-refractivity contribution >= 4 is 0 Å². The SMILES string of the molecule is CNC(c1ccc(OC)c(F)c1)c1cc(C)nn1C. The van der Waals surface area contributed by atoms with Gasteiger partial charge < -0.3 is 10.1 Å². The van der Waals surface area contributed by atoms with Gasteiger partial charge in [-0.3, -0.25) is 4.68 Å². The minimum atomic E-state index is -0.362. The lowest BCUT2D eigenvalue weighted by atomic mass is 10.0. The Morgan fingerprint density at radius 2 is 2.11 bits per heavy atom. The van der Waals surface area contributed by atoms with Gasteiger partial charge in [-0.15, -0.1) is 0 Å². The third kappa shape index (κ3) is 2.61. The van der Waals surface area contributed by atoms with Crippen molar-refractivity contribution < 1.29 is 9.13 Å². The third-order valence-corrected chi connectivity index (χ3v) is 3.13. The summed E-state index contributed by atoms with van der Waals surface area (Å²) in [6, 6.07) is 6.86. The Labute approximate surface area is 112 Å². The summed E-state index contributed by atoms with van der Waals surface area (Å²) in [4.78, 5) is 0. The molecule has 102 valence electrons. The van der Waals surface area contributed by atoms with Crippen LogP contribution in [0, 0.1) is 12.7 Å². The maximum absolute atomic E-state index is 13.8. The van der Waals surface area contributed by atoms with Crippen LogP contribution in [0.2, 0.25) is 0 Å². The molecular weight excluding hydrogens is 245 g/mol. The van der Waals surface area contributed by atoms with Crippen molar-refractivity contribution in [1.29, 1.82) is 0 Å². The molecule has 2 rings (SSSR count). The van der Waals surface area contributed by atoms with Gasteiger partial charge in [0.25, 0.3) is 0 Å². The zero-order chi connectivity index (χ0) is 14.0. The Morgan fingerprint density at radius 1 is 1.37 bits per heavy atom. The molecule has 2 aromatic rings. The molecule has 0 aliphatic heterocycles. The molecular formula is C14H18FN3O. The molecule has 0 radical (unpaired) electrons. The first-order chi connectivity index (χ1) is 9.06. The van der Waals surface area contributed by atoms with Crippen LogP contribution in [0.1, 0.15) is 23.0 Å². The maximum Gasteiger partial charge on any atom is 0.165 e. The van der Waals surface area contributed by atoms with Crippen molar-refractivity contribution in [3.63, 3.8) is 0 Å². The molecule has 1 N–H and O–H groups in total. The first-order valence-corrected chi connectivity index (χ1v) is 6.08. The number of aryl methyl sites for hydroxylation is 2. The Bertz CT molecular complexity index is 580.